The number of amides is 1. The van der Waals surface area contributed by atoms with Crippen molar-refractivity contribution < 1.29 is 18.0 Å². The second-order valence-electron chi connectivity index (χ2n) is 6.22. The van der Waals surface area contributed by atoms with Gasteiger partial charge in [-0.3, -0.25) is 9.48 Å². The number of likely N-dealkylation sites (tertiary alicyclic amines) is 1. The third-order valence-corrected chi connectivity index (χ3v) is 4.02. The number of aromatic nitrogens is 2. The fraction of sp³-hybridized carbons (Fsp3) is 0.733. The lowest BCUT2D eigenvalue weighted by atomic mass is 10.0. The minimum Gasteiger partial charge on any atom is -0.352 e. The van der Waals surface area contributed by atoms with Crippen molar-refractivity contribution in [3.05, 3.63) is 17.5 Å². The zero-order valence-corrected chi connectivity index (χ0v) is 13.5. The fourth-order valence-electron chi connectivity index (χ4n) is 2.95. The van der Waals surface area contributed by atoms with Crippen molar-refractivity contribution in [3.8, 4) is 0 Å². The number of alkyl halides is 3. The zero-order valence-electron chi connectivity index (χ0n) is 13.5. The number of carbonyl (C=O) groups is 1. The number of halogens is 3. The van der Waals surface area contributed by atoms with Crippen LogP contribution in [0.1, 0.15) is 42.2 Å². The molecule has 130 valence electrons. The van der Waals surface area contributed by atoms with Gasteiger partial charge in [-0.2, -0.15) is 18.3 Å². The minimum atomic E-state index is -4.63. The van der Waals surface area contributed by atoms with Gasteiger partial charge in [0.25, 0.3) is 5.91 Å². The second-order valence-corrected chi connectivity index (χ2v) is 6.22. The van der Waals surface area contributed by atoms with Crippen molar-refractivity contribution in [3.63, 3.8) is 0 Å². The van der Waals surface area contributed by atoms with Gasteiger partial charge in [0, 0.05) is 26.3 Å². The number of nitrogens with zero attached hydrogens (tertiary/aromatic N) is 3. The summed E-state index contributed by atoms with van der Waals surface area (Å²) in [7, 11) is 1.36. The molecule has 1 aromatic rings. The number of carbonyl (C=O) groups excluding carboxylic acids is 1. The molecule has 2 rings (SSSR count). The van der Waals surface area contributed by atoms with E-state index in [0.29, 0.717) is 12.5 Å². The Hall–Kier alpha value is -1.57. The fourth-order valence-corrected chi connectivity index (χ4v) is 2.95. The lowest BCUT2D eigenvalue weighted by Gasteiger charge is -2.30. The molecule has 1 saturated heterocycles. The first kappa shape index (κ1) is 17.8. The quantitative estimate of drug-likeness (QED) is 0.842. The van der Waals surface area contributed by atoms with Crippen LogP contribution in [0.4, 0.5) is 13.2 Å². The monoisotopic (exact) mass is 332 g/mol. The van der Waals surface area contributed by atoms with Crippen LogP contribution in [0.2, 0.25) is 0 Å². The van der Waals surface area contributed by atoms with E-state index >= 15 is 0 Å². The van der Waals surface area contributed by atoms with Gasteiger partial charge in [0.15, 0.2) is 5.69 Å². The molecule has 5 nitrogen and oxygen atoms in total. The summed E-state index contributed by atoms with van der Waals surface area (Å²) in [6.45, 7) is 5.53. The average Bonchev–Trinajstić information content (AvgIpc) is 2.86. The van der Waals surface area contributed by atoms with E-state index in [0.717, 1.165) is 36.9 Å². The molecule has 0 aliphatic carbocycles. The molecule has 1 aliphatic heterocycles. The lowest BCUT2D eigenvalue weighted by Crippen LogP contribution is -2.36. The Morgan fingerprint density at radius 3 is 2.87 bits per heavy atom. The standard InChI is InChI=1S/C15H23F3N4O/c1-11-5-3-7-22(9-11)8-4-6-19-14(23)12-10-21(2)20-13(12)15(16,17)18/h10-11H,3-9H2,1-2H3,(H,19,23). The Kier molecular flexibility index (Phi) is 5.67. The highest BCUT2D eigenvalue weighted by Crippen LogP contribution is 2.30. The number of rotatable bonds is 5. The molecule has 0 spiro atoms. The number of hydrogen-bond donors (Lipinski definition) is 1. The number of piperidine rings is 1. The van der Waals surface area contributed by atoms with Gasteiger partial charge in [-0.15, -0.1) is 0 Å². The van der Waals surface area contributed by atoms with E-state index in [4.69, 9.17) is 0 Å². The van der Waals surface area contributed by atoms with Crippen LogP contribution in [-0.4, -0.2) is 46.8 Å². The molecule has 0 saturated carbocycles. The molecule has 8 heteroatoms. The van der Waals surface area contributed by atoms with E-state index < -0.39 is 23.3 Å². The molecule has 1 N–H and O–H groups in total. The maximum Gasteiger partial charge on any atom is 0.435 e. The minimum absolute atomic E-state index is 0.357. The molecule has 1 fully saturated rings. The van der Waals surface area contributed by atoms with Crippen molar-refractivity contribution in [1.29, 1.82) is 0 Å². The molecule has 0 aromatic carbocycles. The van der Waals surface area contributed by atoms with E-state index in [-0.39, 0.29) is 0 Å². The first-order valence-electron chi connectivity index (χ1n) is 7.88. The van der Waals surface area contributed by atoms with Crippen LogP contribution in [0.5, 0.6) is 0 Å². The zero-order chi connectivity index (χ0) is 17.0. The molecule has 1 atom stereocenters. The van der Waals surface area contributed by atoms with E-state index in [1.54, 1.807) is 0 Å². The van der Waals surface area contributed by atoms with E-state index in [1.165, 1.54) is 19.9 Å². The van der Waals surface area contributed by atoms with E-state index in [9.17, 15) is 18.0 Å². The van der Waals surface area contributed by atoms with Crippen LogP contribution in [0, 0.1) is 5.92 Å². The van der Waals surface area contributed by atoms with Crippen molar-refractivity contribution in [2.75, 3.05) is 26.2 Å². The van der Waals surface area contributed by atoms with Crippen LogP contribution >= 0.6 is 0 Å². The maximum absolute atomic E-state index is 12.8. The summed E-state index contributed by atoms with van der Waals surface area (Å²) in [6, 6.07) is 0. The smallest absolute Gasteiger partial charge is 0.352 e. The van der Waals surface area contributed by atoms with Gasteiger partial charge in [-0.25, -0.2) is 0 Å². The van der Waals surface area contributed by atoms with Crippen LogP contribution in [-0.2, 0) is 13.2 Å². The summed E-state index contributed by atoms with van der Waals surface area (Å²) in [5.74, 6) is -0.0412. The highest BCUT2D eigenvalue weighted by molar-refractivity contribution is 5.95. The number of aryl methyl sites for hydroxylation is 1. The predicted octanol–water partition coefficient (Wildman–Crippen LogP) is 2.29. The Balaban J connectivity index is 1.81. The Labute approximate surface area is 133 Å². The van der Waals surface area contributed by atoms with E-state index in [2.05, 4.69) is 22.2 Å². The highest BCUT2D eigenvalue weighted by Gasteiger charge is 2.38. The molecule has 23 heavy (non-hydrogen) atoms. The van der Waals surface area contributed by atoms with Gasteiger partial charge < -0.3 is 10.2 Å². The first-order valence-corrected chi connectivity index (χ1v) is 7.88. The third-order valence-electron chi connectivity index (χ3n) is 4.02. The summed E-state index contributed by atoms with van der Waals surface area (Å²) in [4.78, 5) is 14.3. The molecule has 0 bridgehead atoms. The SMILES string of the molecule is CC1CCCN(CCCNC(=O)c2cn(C)nc2C(F)(F)F)C1. The molecule has 1 aromatic heterocycles. The van der Waals surface area contributed by atoms with Gasteiger partial charge in [0.1, 0.15) is 0 Å². The van der Waals surface area contributed by atoms with Gasteiger partial charge in [-0.1, -0.05) is 6.92 Å². The molecule has 2 heterocycles. The van der Waals surface area contributed by atoms with Crippen molar-refractivity contribution >= 4 is 5.91 Å². The Morgan fingerprint density at radius 2 is 2.22 bits per heavy atom. The van der Waals surface area contributed by atoms with Gasteiger partial charge >= 0.3 is 6.18 Å². The molecule has 0 radical (unpaired) electrons. The van der Waals surface area contributed by atoms with Crippen LogP contribution in [0.3, 0.4) is 0 Å². The second kappa shape index (κ2) is 7.33. The van der Waals surface area contributed by atoms with E-state index in [1.807, 2.05) is 0 Å². The van der Waals surface area contributed by atoms with Crippen molar-refractivity contribution in [1.82, 2.24) is 20.0 Å². The van der Waals surface area contributed by atoms with Gasteiger partial charge in [0.2, 0.25) is 0 Å². The summed E-state index contributed by atoms with van der Waals surface area (Å²) in [6.07, 6.45) is -0.380. The summed E-state index contributed by atoms with van der Waals surface area (Å²) >= 11 is 0. The third kappa shape index (κ3) is 4.95. The van der Waals surface area contributed by atoms with Crippen LogP contribution in [0.25, 0.3) is 0 Å². The van der Waals surface area contributed by atoms with Crippen molar-refractivity contribution in [2.24, 2.45) is 13.0 Å². The molecular formula is C15H23F3N4O. The Morgan fingerprint density at radius 1 is 1.48 bits per heavy atom. The topological polar surface area (TPSA) is 50.2 Å². The van der Waals surface area contributed by atoms with Crippen molar-refractivity contribution in [2.45, 2.75) is 32.4 Å². The normalized spacial score (nSPS) is 19.8. The van der Waals surface area contributed by atoms with Gasteiger partial charge in [-0.05, 0) is 38.3 Å². The predicted molar refractivity (Wildman–Crippen MR) is 80.0 cm³/mol. The largest absolute Gasteiger partial charge is 0.435 e. The van der Waals surface area contributed by atoms with Crippen LogP contribution in [0.15, 0.2) is 6.20 Å². The molecule has 1 unspecified atom stereocenters. The Bertz CT molecular complexity index is 541. The number of hydrogen-bond acceptors (Lipinski definition) is 3. The summed E-state index contributed by atoms with van der Waals surface area (Å²) in [5, 5.41) is 5.89. The average molecular weight is 332 g/mol. The summed E-state index contributed by atoms with van der Waals surface area (Å²) in [5.41, 5.74) is -1.56. The lowest BCUT2D eigenvalue weighted by molar-refractivity contribution is -0.141. The highest BCUT2D eigenvalue weighted by atomic mass is 19.4. The maximum atomic E-state index is 12.8. The van der Waals surface area contributed by atoms with Gasteiger partial charge in [0.05, 0.1) is 5.56 Å². The van der Waals surface area contributed by atoms with Crippen LogP contribution < -0.4 is 5.32 Å². The molecule has 1 aliphatic rings. The molecular weight excluding hydrogens is 309 g/mol. The summed E-state index contributed by atoms with van der Waals surface area (Å²) < 4.78 is 39.5. The first-order chi connectivity index (χ1) is 10.8. The number of nitrogens with one attached hydrogen (secondary N) is 1. The molecule has 1 amide bonds.